The van der Waals surface area contributed by atoms with Gasteiger partial charge in [0, 0.05) is 12.1 Å². The van der Waals surface area contributed by atoms with Crippen molar-refractivity contribution in [3.05, 3.63) is 29.3 Å². The molecule has 1 saturated heterocycles. The zero-order chi connectivity index (χ0) is 16.2. The van der Waals surface area contributed by atoms with Crippen LogP contribution in [0.2, 0.25) is 0 Å². The van der Waals surface area contributed by atoms with Crippen molar-refractivity contribution >= 4 is 11.7 Å². The van der Waals surface area contributed by atoms with E-state index in [1.807, 2.05) is 32.0 Å². The van der Waals surface area contributed by atoms with E-state index in [1.165, 1.54) is 38.6 Å². The zero-order valence-corrected chi connectivity index (χ0v) is 14.5. The molecule has 3 N–H and O–H groups in total. The maximum absolute atomic E-state index is 12.3. The standard InChI is InChI=1S/C19H29N3O/c1-14-7-6-8-15(2)18(14)21-19(23)20-16-11-12-22(13-16)17-9-4-3-5-10-17/h6-8,16-17H,3-5,9-13H2,1-2H3,(H2,20,21,23)/p+1/t16-/m0/s1. The largest absolute Gasteiger partial charge is 0.331 e. The van der Waals surface area contributed by atoms with Gasteiger partial charge in [0.1, 0.15) is 0 Å². The Morgan fingerprint density at radius 3 is 2.48 bits per heavy atom. The number of carbonyl (C=O) groups excluding carboxylic acids is 1. The van der Waals surface area contributed by atoms with Gasteiger partial charge in [-0.15, -0.1) is 0 Å². The molecule has 1 heterocycles. The van der Waals surface area contributed by atoms with Crippen molar-refractivity contribution < 1.29 is 9.69 Å². The van der Waals surface area contributed by atoms with Crippen LogP contribution in [0.1, 0.15) is 49.7 Å². The normalized spacial score (nSPS) is 25.3. The van der Waals surface area contributed by atoms with Gasteiger partial charge in [-0.1, -0.05) is 24.6 Å². The molecule has 23 heavy (non-hydrogen) atoms. The van der Waals surface area contributed by atoms with Crippen LogP contribution in [0.5, 0.6) is 0 Å². The first kappa shape index (κ1) is 16.3. The van der Waals surface area contributed by atoms with Crippen LogP contribution in [0.4, 0.5) is 10.5 Å². The van der Waals surface area contributed by atoms with Crippen molar-refractivity contribution in [3.63, 3.8) is 0 Å². The van der Waals surface area contributed by atoms with E-state index >= 15 is 0 Å². The van der Waals surface area contributed by atoms with Gasteiger partial charge in [-0.2, -0.15) is 0 Å². The molecule has 1 aromatic carbocycles. The highest BCUT2D eigenvalue weighted by molar-refractivity contribution is 5.91. The molecule has 1 aromatic rings. The highest BCUT2D eigenvalue weighted by atomic mass is 16.2. The van der Waals surface area contributed by atoms with Crippen LogP contribution in [-0.4, -0.2) is 31.2 Å². The second-order valence-electron chi connectivity index (χ2n) is 7.30. The molecule has 3 rings (SSSR count). The van der Waals surface area contributed by atoms with Gasteiger partial charge in [0.25, 0.3) is 0 Å². The number of aryl methyl sites for hydroxylation is 2. The lowest BCUT2D eigenvalue weighted by atomic mass is 9.94. The molecule has 2 aliphatic rings. The Bertz CT molecular complexity index is 531. The van der Waals surface area contributed by atoms with Crippen LogP contribution in [-0.2, 0) is 0 Å². The number of hydrogen-bond donors (Lipinski definition) is 3. The van der Waals surface area contributed by atoms with E-state index in [0.717, 1.165) is 35.8 Å². The Balaban J connectivity index is 1.51. The summed E-state index contributed by atoms with van der Waals surface area (Å²) in [6.07, 6.45) is 8.03. The van der Waals surface area contributed by atoms with Gasteiger partial charge in [-0.25, -0.2) is 4.79 Å². The first-order valence-electron chi connectivity index (χ1n) is 9.12. The molecule has 1 aliphatic carbocycles. The summed E-state index contributed by atoms with van der Waals surface area (Å²) in [4.78, 5) is 14.0. The molecule has 4 heteroatoms. The summed E-state index contributed by atoms with van der Waals surface area (Å²) in [5.41, 5.74) is 3.17. The third-order valence-corrected chi connectivity index (χ3v) is 5.56. The fraction of sp³-hybridized carbons (Fsp3) is 0.632. The first-order chi connectivity index (χ1) is 11.1. The van der Waals surface area contributed by atoms with E-state index in [1.54, 1.807) is 4.90 Å². The Morgan fingerprint density at radius 2 is 1.78 bits per heavy atom. The molecular formula is C19H30N3O+. The maximum atomic E-state index is 12.3. The van der Waals surface area contributed by atoms with E-state index in [2.05, 4.69) is 10.6 Å². The third-order valence-electron chi connectivity index (χ3n) is 5.56. The fourth-order valence-electron chi connectivity index (χ4n) is 4.23. The van der Waals surface area contributed by atoms with Gasteiger partial charge in [-0.05, 0) is 50.7 Å². The summed E-state index contributed by atoms with van der Waals surface area (Å²) in [5, 5.41) is 6.22. The van der Waals surface area contributed by atoms with Gasteiger partial charge >= 0.3 is 6.03 Å². The molecule has 2 atom stereocenters. The molecule has 0 radical (unpaired) electrons. The van der Waals surface area contributed by atoms with E-state index in [4.69, 9.17) is 0 Å². The molecule has 0 spiro atoms. The number of benzene rings is 1. The SMILES string of the molecule is Cc1cccc(C)c1NC(=O)N[C@H]1CC[NH+](C2CCCCC2)C1. The van der Waals surface area contributed by atoms with Crippen LogP contribution in [0.25, 0.3) is 0 Å². The summed E-state index contributed by atoms with van der Waals surface area (Å²) < 4.78 is 0. The predicted octanol–water partition coefficient (Wildman–Crippen LogP) is 2.41. The van der Waals surface area contributed by atoms with Gasteiger partial charge in [0.2, 0.25) is 0 Å². The average Bonchev–Trinajstić information content (AvgIpc) is 3.00. The van der Waals surface area contributed by atoms with Crippen molar-refractivity contribution in [2.24, 2.45) is 0 Å². The van der Waals surface area contributed by atoms with Gasteiger partial charge in [0.05, 0.1) is 25.2 Å². The molecular weight excluding hydrogens is 286 g/mol. The molecule has 4 nitrogen and oxygen atoms in total. The van der Waals surface area contributed by atoms with Crippen molar-refractivity contribution in [2.45, 2.75) is 64.5 Å². The highest BCUT2D eigenvalue weighted by Crippen LogP contribution is 2.19. The molecule has 126 valence electrons. The zero-order valence-electron chi connectivity index (χ0n) is 14.5. The lowest BCUT2D eigenvalue weighted by molar-refractivity contribution is -0.915. The number of likely N-dealkylation sites (tertiary alicyclic amines) is 1. The summed E-state index contributed by atoms with van der Waals surface area (Å²) in [6.45, 7) is 6.37. The molecule has 1 unspecified atom stereocenters. The van der Waals surface area contributed by atoms with Crippen LogP contribution in [0, 0.1) is 13.8 Å². The number of rotatable bonds is 3. The van der Waals surface area contributed by atoms with Crippen LogP contribution in [0.15, 0.2) is 18.2 Å². The second-order valence-corrected chi connectivity index (χ2v) is 7.30. The molecule has 2 amide bonds. The molecule has 2 fully saturated rings. The monoisotopic (exact) mass is 316 g/mol. The summed E-state index contributed by atoms with van der Waals surface area (Å²) in [5.74, 6) is 0. The van der Waals surface area contributed by atoms with E-state index in [0.29, 0.717) is 6.04 Å². The summed E-state index contributed by atoms with van der Waals surface area (Å²) >= 11 is 0. The van der Waals surface area contributed by atoms with E-state index in [9.17, 15) is 4.79 Å². The second kappa shape index (κ2) is 7.35. The van der Waals surface area contributed by atoms with E-state index in [-0.39, 0.29) is 6.03 Å². The van der Waals surface area contributed by atoms with Gasteiger partial charge in [0.15, 0.2) is 0 Å². The van der Waals surface area contributed by atoms with Crippen molar-refractivity contribution in [3.8, 4) is 0 Å². The molecule has 1 saturated carbocycles. The Morgan fingerprint density at radius 1 is 1.09 bits per heavy atom. The minimum atomic E-state index is -0.0581. The number of hydrogen-bond acceptors (Lipinski definition) is 1. The number of anilines is 1. The lowest BCUT2D eigenvalue weighted by Gasteiger charge is -2.28. The molecule has 0 aromatic heterocycles. The molecule has 0 bridgehead atoms. The summed E-state index contributed by atoms with van der Waals surface area (Å²) in [7, 11) is 0. The van der Waals surface area contributed by atoms with Gasteiger partial charge < -0.3 is 15.5 Å². The number of nitrogens with one attached hydrogen (secondary N) is 3. The maximum Gasteiger partial charge on any atom is 0.319 e. The predicted molar refractivity (Wildman–Crippen MR) is 94.0 cm³/mol. The Hall–Kier alpha value is -1.55. The number of amides is 2. The summed E-state index contributed by atoms with van der Waals surface area (Å²) in [6, 6.07) is 7.18. The minimum absolute atomic E-state index is 0.0581. The smallest absolute Gasteiger partial charge is 0.319 e. The first-order valence-corrected chi connectivity index (χ1v) is 9.12. The van der Waals surface area contributed by atoms with Crippen molar-refractivity contribution in [1.82, 2.24) is 5.32 Å². The van der Waals surface area contributed by atoms with Crippen LogP contribution in [0.3, 0.4) is 0 Å². The van der Waals surface area contributed by atoms with Crippen molar-refractivity contribution in [1.29, 1.82) is 0 Å². The topological polar surface area (TPSA) is 45.6 Å². The number of urea groups is 1. The van der Waals surface area contributed by atoms with Crippen molar-refractivity contribution in [2.75, 3.05) is 18.4 Å². The average molecular weight is 316 g/mol. The van der Waals surface area contributed by atoms with Gasteiger partial charge in [-0.3, -0.25) is 0 Å². The number of para-hydroxylation sites is 1. The third kappa shape index (κ3) is 4.05. The quantitative estimate of drug-likeness (QED) is 0.788. The highest BCUT2D eigenvalue weighted by Gasteiger charge is 2.33. The number of carbonyl (C=O) groups is 1. The lowest BCUT2D eigenvalue weighted by Crippen LogP contribution is -3.14. The fourth-order valence-corrected chi connectivity index (χ4v) is 4.23. The Kier molecular flexibility index (Phi) is 5.21. The molecule has 1 aliphatic heterocycles. The van der Waals surface area contributed by atoms with Crippen LogP contribution >= 0.6 is 0 Å². The minimum Gasteiger partial charge on any atom is -0.331 e. The number of quaternary nitrogens is 1. The van der Waals surface area contributed by atoms with Crippen LogP contribution < -0.4 is 15.5 Å². The Labute approximate surface area is 139 Å². The van der Waals surface area contributed by atoms with E-state index < -0.39 is 0 Å².